The Bertz CT molecular complexity index is 1320. The minimum Gasteiger partial charge on any atom is -0.461 e. The summed E-state index contributed by atoms with van der Waals surface area (Å²) in [5, 5.41) is 0. The maximum absolute atomic E-state index is 14.1. The molecule has 3 aromatic carbocycles. The normalized spacial score (nSPS) is 13.4. The highest BCUT2D eigenvalue weighted by Crippen LogP contribution is 2.48. The molecule has 39 heavy (non-hydrogen) atoms. The lowest BCUT2D eigenvalue weighted by Gasteiger charge is -2.20. The molecular formula is C27H24F5O6P. The van der Waals surface area contributed by atoms with Crippen molar-refractivity contribution in [2.45, 2.75) is 32.2 Å². The number of carbonyl (C=O) groups excluding carboxylic acids is 2. The molecule has 0 fully saturated rings. The first-order valence-electron chi connectivity index (χ1n) is 11.7. The van der Waals surface area contributed by atoms with Gasteiger partial charge in [-0.3, -0.25) is 14.2 Å². The van der Waals surface area contributed by atoms with Crippen molar-refractivity contribution in [1.82, 2.24) is 0 Å². The Balaban J connectivity index is 1.73. The number of hydrogen-bond acceptors (Lipinski definition) is 5. The predicted octanol–water partition coefficient (Wildman–Crippen LogP) is 6.04. The van der Waals surface area contributed by atoms with Crippen LogP contribution in [-0.2, 0) is 43.0 Å². The predicted molar refractivity (Wildman–Crippen MR) is 130 cm³/mol. The Labute approximate surface area is 220 Å². The summed E-state index contributed by atoms with van der Waals surface area (Å²) < 4.78 is 92.0. The summed E-state index contributed by atoms with van der Waals surface area (Å²) in [4.78, 5) is 35.5. The third-order valence-electron chi connectivity index (χ3n) is 5.71. The molecule has 0 amide bonds. The van der Waals surface area contributed by atoms with Crippen molar-refractivity contribution in [1.29, 1.82) is 0 Å². The van der Waals surface area contributed by atoms with Crippen LogP contribution in [0.25, 0.3) is 0 Å². The summed E-state index contributed by atoms with van der Waals surface area (Å²) in [6.07, 6.45) is -3.07. The van der Waals surface area contributed by atoms with Crippen LogP contribution < -0.4 is 0 Å². The molecule has 208 valence electrons. The van der Waals surface area contributed by atoms with E-state index in [2.05, 4.69) is 0 Å². The molecule has 1 N–H and O–H groups in total. The zero-order valence-electron chi connectivity index (χ0n) is 20.4. The lowest BCUT2D eigenvalue weighted by Crippen LogP contribution is -2.23. The van der Waals surface area contributed by atoms with Gasteiger partial charge in [0, 0.05) is 18.1 Å². The van der Waals surface area contributed by atoms with Crippen molar-refractivity contribution in [3.05, 3.63) is 106 Å². The van der Waals surface area contributed by atoms with Crippen LogP contribution in [0, 0.1) is 35.0 Å². The largest absolute Gasteiger partial charge is 0.461 e. The van der Waals surface area contributed by atoms with Crippen LogP contribution in [0.5, 0.6) is 0 Å². The van der Waals surface area contributed by atoms with E-state index in [0.29, 0.717) is 11.1 Å². The molecule has 0 aliphatic heterocycles. The summed E-state index contributed by atoms with van der Waals surface area (Å²) in [7, 11) is -4.74. The molecule has 3 aromatic rings. The van der Waals surface area contributed by atoms with Gasteiger partial charge in [0.1, 0.15) is 13.2 Å². The fraction of sp³-hybridized carbons (Fsp3) is 0.259. The molecule has 0 spiro atoms. The first-order chi connectivity index (χ1) is 18.5. The lowest BCUT2D eigenvalue weighted by molar-refractivity contribution is -0.150. The molecule has 0 saturated heterocycles. The number of carbonyl (C=O) groups is 2. The van der Waals surface area contributed by atoms with E-state index in [4.69, 9.17) is 9.47 Å². The van der Waals surface area contributed by atoms with Crippen LogP contribution >= 0.6 is 7.37 Å². The molecule has 0 radical (unpaired) electrons. The van der Waals surface area contributed by atoms with Crippen LogP contribution in [-0.4, -0.2) is 23.0 Å². The number of benzene rings is 3. The van der Waals surface area contributed by atoms with E-state index in [1.807, 2.05) is 0 Å². The molecule has 0 aromatic heterocycles. The molecule has 6 nitrogen and oxygen atoms in total. The summed E-state index contributed by atoms with van der Waals surface area (Å²) in [5.41, 5.74) is -0.177. The zero-order chi connectivity index (χ0) is 28.6. The molecule has 0 heterocycles. The van der Waals surface area contributed by atoms with Crippen LogP contribution in [0.1, 0.15) is 29.5 Å². The van der Waals surface area contributed by atoms with Crippen LogP contribution in [0.2, 0.25) is 0 Å². The van der Waals surface area contributed by atoms with E-state index >= 15 is 0 Å². The van der Waals surface area contributed by atoms with E-state index in [9.17, 15) is 41.0 Å². The van der Waals surface area contributed by atoms with Gasteiger partial charge in [0.2, 0.25) is 13.2 Å². The highest BCUT2D eigenvalue weighted by molar-refractivity contribution is 7.57. The second-order valence-corrected chi connectivity index (χ2v) is 11.1. The highest BCUT2D eigenvalue weighted by atomic mass is 31.2. The van der Waals surface area contributed by atoms with Gasteiger partial charge in [-0.05, 0) is 17.5 Å². The Hall–Kier alpha value is -3.56. The fourth-order valence-corrected chi connectivity index (χ4v) is 5.60. The molecule has 0 saturated carbocycles. The number of esters is 2. The minimum absolute atomic E-state index is 0.0540. The topological polar surface area (TPSA) is 89.9 Å². The lowest BCUT2D eigenvalue weighted by atomic mass is 10.1. The molecule has 3 rings (SSSR count). The zero-order valence-corrected chi connectivity index (χ0v) is 21.3. The van der Waals surface area contributed by atoms with Gasteiger partial charge in [-0.25, -0.2) is 22.0 Å². The molecule has 0 bridgehead atoms. The first-order valence-corrected chi connectivity index (χ1v) is 13.7. The third kappa shape index (κ3) is 8.46. The van der Waals surface area contributed by atoms with Crippen molar-refractivity contribution in [3.63, 3.8) is 0 Å². The number of hydrogen-bond donors (Lipinski definition) is 1. The van der Waals surface area contributed by atoms with Crippen LogP contribution in [0.4, 0.5) is 22.0 Å². The summed E-state index contributed by atoms with van der Waals surface area (Å²) in [6.45, 7) is -0.260. The fourth-order valence-electron chi connectivity index (χ4n) is 3.68. The second kappa shape index (κ2) is 13.5. The molecule has 2 atom stereocenters. The van der Waals surface area contributed by atoms with Crippen molar-refractivity contribution < 1.29 is 50.5 Å². The van der Waals surface area contributed by atoms with E-state index < -0.39 is 72.2 Å². The minimum atomic E-state index is -4.74. The van der Waals surface area contributed by atoms with Crippen molar-refractivity contribution in [2.75, 3.05) is 6.16 Å². The Morgan fingerprint density at radius 3 is 1.72 bits per heavy atom. The van der Waals surface area contributed by atoms with Gasteiger partial charge in [0.05, 0.1) is 12.1 Å². The van der Waals surface area contributed by atoms with Gasteiger partial charge < -0.3 is 14.4 Å². The molecule has 0 aliphatic rings. The summed E-state index contributed by atoms with van der Waals surface area (Å²) in [5.74, 6) is -14.5. The SMILES string of the molecule is O=C(CC[C@@H](CP(=O)(O)Cc1c(F)c(F)c(F)c(F)c1F)C(=O)OCc1ccccc1)OCc1ccccc1. The van der Waals surface area contributed by atoms with Gasteiger partial charge in [-0.2, -0.15) is 0 Å². The van der Waals surface area contributed by atoms with E-state index in [1.165, 1.54) is 0 Å². The highest BCUT2D eigenvalue weighted by Gasteiger charge is 2.35. The maximum atomic E-state index is 14.1. The quantitative estimate of drug-likeness (QED) is 0.0940. The molecule has 12 heteroatoms. The number of halogens is 5. The van der Waals surface area contributed by atoms with Gasteiger partial charge in [-0.15, -0.1) is 0 Å². The van der Waals surface area contributed by atoms with Crippen molar-refractivity contribution in [2.24, 2.45) is 5.92 Å². The van der Waals surface area contributed by atoms with E-state index in [0.717, 1.165) is 0 Å². The van der Waals surface area contributed by atoms with E-state index in [-0.39, 0.29) is 26.1 Å². The first kappa shape index (κ1) is 30.0. The smallest absolute Gasteiger partial charge is 0.309 e. The molecular weight excluding hydrogens is 546 g/mol. The number of ether oxygens (including phenoxy) is 2. The summed E-state index contributed by atoms with van der Waals surface area (Å²) in [6, 6.07) is 17.1. The Kier molecular flexibility index (Phi) is 10.4. The van der Waals surface area contributed by atoms with Crippen molar-refractivity contribution >= 4 is 19.3 Å². The average molecular weight is 570 g/mol. The van der Waals surface area contributed by atoms with Crippen LogP contribution in [0.15, 0.2) is 60.7 Å². The number of rotatable bonds is 12. The van der Waals surface area contributed by atoms with E-state index in [1.54, 1.807) is 60.7 Å². The third-order valence-corrected chi connectivity index (χ3v) is 7.53. The molecule has 1 unspecified atom stereocenters. The van der Waals surface area contributed by atoms with Crippen molar-refractivity contribution in [3.8, 4) is 0 Å². The van der Waals surface area contributed by atoms with Crippen LogP contribution in [0.3, 0.4) is 0 Å². The second-order valence-electron chi connectivity index (χ2n) is 8.71. The monoisotopic (exact) mass is 570 g/mol. The van der Waals surface area contributed by atoms with Gasteiger partial charge in [0.25, 0.3) is 0 Å². The molecule has 0 aliphatic carbocycles. The Morgan fingerprint density at radius 1 is 0.744 bits per heavy atom. The van der Waals surface area contributed by atoms with Gasteiger partial charge in [-0.1, -0.05) is 60.7 Å². The average Bonchev–Trinajstić information content (AvgIpc) is 2.94. The standard InChI is InChI=1S/C27H24F5O6P/c28-22-20(23(29)25(31)26(32)24(22)30)16-39(35,36)15-19(27(34)38-14-18-9-5-2-6-10-18)11-12-21(33)37-13-17-7-3-1-4-8-17/h1-10,19H,11-16H2,(H,35,36)/t19-/m0/s1. The Morgan fingerprint density at radius 2 is 1.21 bits per heavy atom. The van der Waals surface area contributed by atoms with Gasteiger partial charge in [0.15, 0.2) is 23.3 Å². The van der Waals surface area contributed by atoms with Gasteiger partial charge >= 0.3 is 11.9 Å². The summed E-state index contributed by atoms with van der Waals surface area (Å²) >= 11 is 0. The maximum Gasteiger partial charge on any atom is 0.309 e.